The number of aromatic nitrogens is 1. The highest BCUT2D eigenvalue weighted by molar-refractivity contribution is 6.30. The molecule has 3 nitrogen and oxygen atoms in total. The summed E-state index contributed by atoms with van der Waals surface area (Å²) in [6.07, 6.45) is 5.91. The van der Waals surface area contributed by atoms with E-state index in [2.05, 4.69) is 33.0 Å². The molecule has 1 aliphatic heterocycles. The maximum atomic E-state index is 6.04. The molecule has 23 heavy (non-hydrogen) atoms. The smallest absolute Gasteiger partial charge is 0.0602 e. The Hall–Kier alpha value is -1.58. The van der Waals surface area contributed by atoms with E-state index in [1.165, 1.54) is 38.0 Å². The minimum Gasteiger partial charge on any atom is -0.364 e. The van der Waals surface area contributed by atoms with Crippen molar-refractivity contribution in [3.05, 3.63) is 59.4 Å². The van der Waals surface area contributed by atoms with E-state index in [1.807, 2.05) is 30.5 Å². The summed E-state index contributed by atoms with van der Waals surface area (Å²) in [6.45, 7) is 5.42. The molecule has 0 bridgehead atoms. The molecule has 1 fully saturated rings. The Kier molecular flexibility index (Phi) is 5.89. The second-order valence-corrected chi connectivity index (χ2v) is 6.56. The van der Waals surface area contributed by atoms with Gasteiger partial charge in [0.2, 0.25) is 0 Å². The molecule has 3 rings (SSSR count). The zero-order valence-corrected chi connectivity index (χ0v) is 14.3. The van der Waals surface area contributed by atoms with Crippen LogP contribution in [0.5, 0.6) is 0 Å². The lowest BCUT2D eigenvalue weighted by Gasteiger charge is -2.31. The number of piperidine rings is 1. The molecule has 0 unspecified atom stereocenters. The van der Waals surface area contributed by atoms with Gasteiger partial charge in [0.05, 0.1) is 12.2 Å². The predicted molar refractivity (Wildman–Crippen MR) is 97.0 cm³/mol. The maximum absolute atomic E-state index is 6.04. The molecule has 0 spiro atoms. The summed E-state index contributed by atoms with van der Waals surface area (Å²) >= 11 is 6.04. The van der Waals surface area contributed by atoms with Gasteiger partial charge in [0.15, 0.2) is 0 Å². The van der Waals surface area contributed by atoms with Crippen LogP contribution in [-0.2, 0) is 6.54 Å². The third kappa shape index (κ3) is 4.95. The topological polar surface area (TPSA) is 19.4 Å². The second kappa shape index (κ2) is 8.32. The molecule has 1 aliphatic rings. The van der Waals surface area contributed by atoms with Crippen molar-refractivity contribution in [2.45, 2.75) is 25.8 Å². The van der Waals surface area contributed by atoms with E-state index >= 15 is 0 Å². The molecule has 1 aromatic heterocycles. The third-order valence-electron chi connectivity index (χ3n) is 4.41. The first-order chi connectivity index (χ1) is 11.3. The van der Waals surface area contributed by atoms with Crippen LogP contribution in [0.25, 0.3) is 0 Å². The Morgan fingerprint density at radius 3 is 2.48 bits per heavy atom. The molecule has 1 aromatic carbocycles. The number of rotatable bonds is 6. The number of hydrogen-bond acceptors (Lipinski definition) is 3. The zero-order valence-electron chi connectivity index (χ0n) is 13.5. The van der Waals surface area contributed by atoms with Crippen molar-refractivity contribution in [3.8, 4) is 0 Å². The molecule has 0 N–H and O–H groups in total. The first kappa shape index (κ1) is 16.3. The highest BCUT2D eigenvalue weighted by Crippen LogP contribution is 2.20. The molecule has 0 amide bonds. The normalized spacial score (nSPS) is 15.5. The number of anilines is 1. The van der Waals surface area contributed by atoms with Crippen molar-refractivity contribution >= 4 is 17.3 Å². The van der Waals surface area contributed by atoms with E-state index in [1.54, 1.807) is 0 Å². The van der Waals surface area contributed by atoms with E-state index in [9.17, 15) is 0 Å². The van der Waals surface area contributed by atoms with Crippen LogP contribution in [0, 0.1) is 0 Å². The fraction of sp³-hybridized carbons (Fsp3) is 0.421. The van der Waals surface area contributed by atoms with Gasteiger partial charge in [0, 0.05) is 30.0 Å². The van der Waals surface area contributed by atoms with Gasteiger partial charge in [0.1, 0.15) is 0 Å². The molecule has 0 atom stereocenters. The zero-order chi connectivity index (χ0) is 15.9. The summed E-state index contributed by atoms with van der Waals surface area (Å²) in [5.74, 6) is 0. The van der Waals surface area contributed by atoms with Gasteiger partial charge in [-0.25, -0.2) is 0 Å². The van der Waals surface area contributed by atoms with Crippen molar-refractivity contribution in [3.63, 3.8) is 0 Å². The van der Waals surface area contributed by atoms with Gasteiger partial charge >= 0.3 is 0 Å². The first-order valence-electron chi connectivity index (χ1n) is 8.44. The predicted octanol–water partition coefficient (Wildman–Crippen LogP) is 4.23. The molecule has 0 saturated carbocycles. The molecule has 0 aliphatic carbocycles. The standard InChI is InChI=1S/C19H24ClN3/c20-17-7-9-19(10-8-17)23(16-18-6-2-3-11-21-18)15-14-22-12-4-1-5-13-22/h2-3,6-11H,1,4-5,12-16H2. The minimum absolute atomic E-state index is 0.780. The van der Waals surface area contributed by atoms with Crippen molar-refractivity contribution in [1.82, 2.24) is 9.88 Å². The summed E-state index contributed by atoms with van der Waals surface area (Å²) in [6, 6.07) is 14.2. The van der Waals surface area contributed by atoms with Gasteiger partial charge in [0.25, 0.3) is 0 Å². The highest BCUT2D eigenvalue weighted by Gasteiger charge is 2.13. The molecule has 2 heterocycles. The van der Waals surface area contributed by atoms with Crippen molar-refractivity contribution < 1.29 is 0 Å². The quantitative estimate of drug-likeness (QED) is 0.790. The molecule has 0 radical (unpaired) electrons. The number of benzene rings is 1. The number of nitrogens with zero attached hydrogens (tertiary/aromatic N) is 3. The Morgan fingerprint density at radius 1 is 1.00 bits per heavy atom. The summed E-state index contributed by atoms with van der Waals surface area (Å²) in [5, 5.41) is 0.780. The van der Waals surface area contributed by atoms with Crippen molar-refractivity contribution in [2.75, 3.05) is 31.1 Å². The fourth-order valence-electron chi connectivity index (χ4n) is 3.08. The number of likely N-dealkylation sites (tertiary alicyclic amines) is 1. The van der Waals surface area contributed by atoms with E-state index < -0.39 is 0 Å². The highest BCUT2D eigenvalue weighted by atomic mass is 35.5. The van der Waals surface area contributed by atoms with Gasteiger partial charge in [-0.3, -0.25) is 4.98 Å². The van der Waals surface area contributed by atoms with Crippen molar-refractivity contribution in [2.24, 2.45) is 0 Å². The lowest BCUT2D eigenvalue weighted by Crippen LogP contribution is -2.37. The second-order valence-electron chi connectivity index (χ2n) is 6.12. The van der Waals surface area contributed by atoms with E-state index in [0.717, 1.165) is 30.4 Å². The lowest BCUT2D eigenvalue weighted by atomic mass is 10.1. The van der Waals surface area contributed by atoms with Crippen LogP contribution in [0.2, 0.25) is 5.02 Å². The molecule has 1 saturated heterocycles. The van der Waals surface area contributed by atoms with Gasteiger partial charge in [-0.2, -0.15) is 0 Å². The van der Waals surface area contributed by atoms with Crippen LogP contribution in [0.15, 0.2) is 48.7 Å². The molecule has 122 valence electrons. The van der Waals surface area contributed by atoms with Crippen LogP contribution < -0.4 is 4.90 Å². The van der Waals surface area contributed by atoms with Crippen LogP contribution in [0.3, 0.4) is 0 Å². The fourth-order valence-corrected chi connectivity index (χ4v) is 3.21. The molecular weight excluding hydrogens is 306 g/mol. The molecule has 4 heteroatoms. The first-order valence-corrected chi connectivity index (χ1v) is 8.82. The average Bonchev–Trinajstić information content (AvgIpc) is 2.61. The van der Waals surface area contributed by atoms with Crippen LogP contribution >= 0.6 is 11.6 Å². The van der Waals surface area contributed by atoms with E-state index in [-0.39, 0.29) is 0 Å². The Bertz CT molecular complexity index is 579. The van der Waals surface area contributed by atoms with Crippen LogP contribution in [0.1, 0.15) is 25.0 Å². The summed E-state index contributed by atoms with van der Waals surface area (Å²) < 4.78 is 0. The van der Waals surface area contributed by atoms with Gasteiger partial charge < -0.3 is 9.80 Å². The Labute approximate surface area is 143 Å². The number of hydrogen-bond donors (Lipinski definition) is 0. The van der Waals surface area contributed by atoms with Crippen LogP contribution in [0.4, 0.5) is 5.69 Å². The van der Waals surface area contributed by atoms with Gasteiger partial charge in [-0.1, -0.05) is 24.1 Å². The van der Waals surface area contributed by atoms with E-state index in [0.29, 0.717) is 0 Å². The number of pyridine rings is 1. The molecule has 2 aromatic rings. The third-order valence-corrected chi connectivity index (χ3v) is 4.66. The largest absolute Gasteiger partial charge is 0.364 e. The van der Waals surface area contributed by atoms with Gasteiger partial charge in [-0.15, -0.1) is 0 Å². The number of halogens is 1. The van der Waals surface area contributed by atoms with Crippen LogP contribution in [-0.4, -0.2) is 36.1 Å². The maximum Gasteiger partial charge on any atom is 0.0602 e. The Balaban J connectivity index is 1.68. The summed E-state index contributed by atoms with van der Waals surface area (Å²) in [7, 11) is 0. The summed E-state index contributed by atoms with van der Waals surface area (Å²) in [4.78, 5) is 9.45. The average molecular weight is 330 g/mol. The van der Waals surface area contributed by atoms with Crippen molar-refractivity contribution in [1.29, 1.82) is 0 Å². The Morgan fingerprint density at radius 2 is 1.78 bits per heavy atom. The molecular formula is C19H24ClN3. The van der Waals surface area contributed by atoms with E-state index in [4.69, 9.17) is 11.6 Å². The lowest BCUT2D eigenvalue weighted by molar-refractivity contribution is 0.233. The monoisotopic (exact) mass is 329 g/mol. The minimum atomic E-state index is 0.780. The SMILES string of the molecule is Clc1ccc(N(CCN2CCCCC2)Cc2ccccn2)cc1. The van der Waals surface area contributed by atoms with Gasteiger partial charge in [-0.05, 0) is 62.3 Å². The summed E-state index contributed by atoms with van der Waals surface area (Å²) in [5.41, 5.74) is 2.30.